The van der Waals surface area contributed by atoms with Gasteiger partial charge in [-0.15, -0.1) is 0 Å². The highest BCUT2D eigenvalue weighted by molar-refractivity contribution is 5.73. The zero-order valence-electron chi connectivity index (χ0n) is 14.8. The molecule has 2 unspecified atom stereocenters. The van der Waals surface area contributed by atoms with Crippen LogP contribution in [0.3, 0.4) is 0 Å². The number of nitrogens with zero attached hydrogens (tertiary/aromatic N) is 4. The fourth-order valence-electron chi connectivity index (χ4n) is 3.41. The molecular weight excluding hydrogens is 318 g/mol. The summed E-state index contributed by atoms with van der Waals surface area (Å²) >= 11 is 0. The molecule has 0 saturated carbocycles. The van der Waals surface area contributed by atoms with Gasteiger partial charge in [0.05, 0.1) is 11.2 Å². The summed E-state index contributed by atoms with van der Waals surface area (Å²) < 4.78 is 1.50. The van der Waals surface area contributed by atoms with Crippen molar-refractivity contribution in [1.29, 1.82) is 0 Å². The molecule has 2 atom stereocenters. The van der Waals surface area contributed by atoms with Gasteiger partial charge in [0.2, 0.25) is 5.91 Å². The van der Waals surface area contributed by atoms with Crippen LogP contribution in [0.1, 0.15) is 26.1 Å². The minimum Gasteiger partial charge on any atom is -0.343 e. The van der Waals surface area contributed by atoms with Crippen LogP contribution in [0.25, 0.3) is 11.3 Å². The zero-order chi connectivity index (χ0) is 18.2. The summed E-state index contributed by atoms with van der Waals surface area (Å²) in [4.78, 5) is 34.6. The van der Waals surface area contributed by atoms with E-state index in [0.717, 1.165) is 12.0 Å². The van der Waals surface area contributed by atoms with Crippen LogP contribution < -0.4 is 11.3 Å². The van der Waals surface area contributed by atoms with Crippen LogP contribution in [0.5, 0.6) is 0 Å². The van der Waals surface area contributed by atoms with E-state index in [1.54, 1.807) is 31.3 Å². The Labute approximate surface area is 146 Å². The number of amides is 1. The number of carbonyl (C=O) groups excluding carboxylic acids is 1. The lowest BCUT2D eigenvalue weighted by atomic mass is 9.84. The topological polar surface area (TPSA) is 94.1 Å². The summed E-state index contributed by atoms with van der Waals surface area (Å²) in [5.41, 5.74) is 7.08. The normalized spacial score (nSPS) is 19.7. The lowest BCUT2D eigenvalue weighted by molar-refractivity contribution is -0.128. The first-order valence-electron chi connectivity index (χ1n) is 8.34. The van der Waals surface area contributed by atoms with Crippen molar-refractivity contribution in [2.75, 3.05) is 13.1 Å². The van der Waals surface area contributed by atoms with E-state index in [-0.39, 0.29) is 17.4 Å². The van der Waals surface area contributed by atoms with Crippen molar-refractivity contribution in [3.05, 3.63) is 46.8 Å². The Morgan fingerprint density at radius 3 is 2.64 bits per heavy atom. The molecule has 1 aliphatic heterocycles. The molecule has 25 heavy (non-hydrogen) atoms. The number of carbonyl (C=O) groups is 1. The molecule has 132 valence electrons. The monoisotopic (exact) mass is 341 g/mol. The third-order valence-corrected chi connectivity index (χ3v) is 5.07. The number of likely N-dealkylation sites (tertiary alicyclic amines) is 1. The maximum absolute atomic E-state index is 12.5. The van der Waals surface area contributed by atoms with Crippen molar-refractivity contribution in [2.45, 2.75) is 25.8 Å². The second-order valence-electron chi connectivity index (χ2n) is 6.83. The van der Waals surface area contributed by atoms with Gasteiger partial charge in [0.25, 0.3) is 5.56 Å². The van der Waals surface area contributed by atoms with E-state index >= 15 is 0 Å². The molecule has 0 spiro atoms. The first kappa shape index (κ1) is 17.3. The number of hydrogen-bond acceptors (Lipinski definition) is 5. The lowest BCUT2D eigenvalue weighted by Crippen LogP contribution is -2.47. The number of pyridine rings is 1. The summed E-state index contributed by atoms with van der Waals surface area (Å²) in [5.74, 6) is 0.620. The number of aromatic nitrogens is 3. The van der Waals surface area contributed by atoms with Gasteiger partial charge >= 0.3 is 0 Å². The van der Waals surface area contributed by atoms with Gasteiger partial charge in [-0.2, -0.15) is 0 Å². The molecule has 1 amide bonds. The quantitative estimate of drug-likeness (QED) is 0.894. The molecule has 0 bridgehead atoms. The zero-order valence-corrected chi connectivity index (χ0v) is 14.8. The Morgan fingerprint density at radius 1 is 1.36 bits per heavy atom. The van der Waals surface area contributed by atoms with E-state index in [0.29, 0.717) is 24.6 Å². The largest absolute Gasteiger partial charge is 0.343 e. The first-order chi connectivity index (χ1) is 11.8. The van der Waals surface area contributed by atoms with E-state index < -0.39 is 5.54 Å². The summed E-state index contributed by atoms with van der Waals surface area (Å²) in [6.07, 6.45) is 4.12. The van der Waals surface area contributed by atoms with Gasteiger partial charge in [0.15, 0.2) is 0 Å². The van der Waals surface area contributed by atoms with Gasteiger partial charge in [-0.25, -0.2) is 4.98 Å². The van der Waals surface area contributed by atoms with Gasteiger partial charge in [-0.05, 0) is 25.5 Å². The standard InChI is InChI=1S/C18H23N5O2/c1-12(24)23-9-6-14(11-23)18(2,19)17-21-15(10-16(25)22(17)3)13-4-7-20-8-5-13/h4-5,7-8,10,14H,6,9,11,19H2,1-3H3. The third-order valence-electron chi connectivity index (χ3n) is 5.07. The summed E-state index contributed by atoms with van der Waals surface area (Å²) in [6.45, 7) is 4.72. The second-order valence-corrected chi connectivity index (χ2v) is 6.83. The van der Waals surface area contributed by atoms with Crippen molar-refractivity contribution in [2.24, 2.45) is 18.7 Å². The highest BCUT2D eigenvalue weighted by atomic mass is 16.2. The summed E-state index contributed by atoms with van der Waals surface area (Å²) in [5, 5.41) is 0. The van der Waals surface area contributed by atoms with E-state index in [1.807, 2.05) is 19.1 Å². The van der Waals surface area contributed by atoms with Gasteiger partial charge in [0.1, 0.15) is 5.82 Å². The van der Waals surface area contributed by atoms with E-state index in [4.69, 9.17) is 10.7 Å². The van der Waals surface area contributed by atoms with Crippen LogP contribution in [0.2, 0.25) is 0 Å². The smallest absolute Gasteiger partial charge is 0.253 e. The third kappa shape index (κ3) is 3.19. The molecule has 1 aliphatic rings. The van der Waals surface area contributed by atoms with E-state index in [9.17, 15) is 9.59 Å². The minimum atomic E-state index is -0.818. The predicted molar refractivity (Wildman–Crippen MR) is 94.6 cm³/mol. The molecule has 7 nitrogen and oxygen atoms in total. The van der Waals surface area contributed by atoms with Crippen molar-refractivity contribution in [1.82, 2.24) is 19.4 Å². The second kappa shape index (κ2) is 6.40. The van der Waals surface area contributed by atoms with Crippen molar-refractivity contribution >= 4 is 5.91 Å². The van der Waals surface area contributed by atoms with Gasteiger partial charge in [0, 0.05) is 57.0 Å². The molecule has 3 rings (SSSR count). The summed E-state index contributed by atoms with van der Waals surface area (Å²) in [6, 6.07) is 5.13. The number of rotatable bonds is 3. The highest BCUT2D eigenvalue weighted by Gasteiger charge is 2.40. The van der Waals surface area contributed by atoms with Crippen LogP contribution >= 0.6 is 0 Å². The van der Waals surface area contributed by atoms with Crippen LogP contribution in [0.15, 0.2) is 35.4 Å². The van der Waals surface area contributed by atoms with Crippen molar-refractivity contribution in [3.8, 4) is 11.3 Å². The van der Waals surface area contributed by atoms with E-state index in [2.05, 4.69) is 4.98 Å². The van der Waals surface area contributed by atoms with Gasteiger partial charge in [-0.1, -0.05) is 0 Å². The first-order valence-corrected chi connectivity index (χ1v) is 8.34. The molecule has 1 saturated heterocycles. The molecule has 2 aromatic heterocycles. The van der Waals surface area contributed by atoms with Crippen LogP contribution in [0, 0.1) is 5.92 Å². The molecule has 2 aromatic rings. The molecule has 1 fully saturated rings. The maximum Gasteiger partial charge on any atom is 0.253 e. The Hall–Kier alpha value is -2.54. The fraction of sp³-hybridized carbons (Fsp3) is 0.444. The summed E-state index contributed by atoms with van der Waals surface area (Å²) in [7, 11) is 1.68. The van der Waals surface area contributed by atoms with Gasteiger partial charge < -0.3 is 10.6 Å². The maximum atomic E-state index is 12.5. The minimum absolute atomic E-state index is 0.0437. The van der Waals surface area contributed by atoms with Gasteiger partial charge in [-0.3, -0.25) is 19.1 Å². The number of nitrogens with two attached hydrogens (primary N) is 1. The van der Waals surface area contributed by atoms with Crippen LogP contribution in [-0.4, -0.2) is 38.4 Å². The molecule has 2 N–H and O–H groups in total. The average Bonchev–Trinajstić information content (AvgIpc) is 3.09. The predicted octanol–water partition coefficient (Wildman–Crippen LogP) is 0.885. The molecule has 7 heteroatoms. The van der Waals surface area contributed by atoms with Crippen molar-refractivity contribution < 1.29 is 4.79 Å². The Morgan fingerprint density at radius 2 is 2.04 bits per heavy atom. The highest BCUT2D eigenvalue weighted by Crippen LogP contribution is 2.33. The SMILES string of the molecule is CC(=O)N1CCC(C(C)(N)c2nc(-c3ccncc3)cc(=O)n2C)C1. The van der Waals surface area contributed by atoms with E-state index in [1.165, 1.54) is 10.6 Å². The average molecular weight is 341 g/mol. The Kier molecular flexibility index (Phi) is 4.43. The Balaban J connectivity index is 2.02. The van der Waals surface area contributed by atoms with Crippen LogP contribution in [-0.2, 0) is 17.4 Å². The fourth-order valence-corrected chi connectivity index (χ4v) is 3.41. The molecule has 0 aromatic carbocycles. The molecule has 3 heterocycles. The molecule has 0 aliphatic carbocycles. The lowest BCUT2D eigenvalue weighted by Gasteiger charge is -2.32. The molecular formula is C18H23N5O2. The van der Waals surface area contributed by atoms with Crippen molar-refractivity contribution in [3.63, 3.8) is 0 Å². The van der Waals surface area contributed by atoms with Crippen LogP contribution in [0.4, 0.5) is 0 Å². The molecule has 0 radical (unpaired) electrons. The Bertz CT molecular complexity index is 844. The number of hydrogen-bond donors (Lipinski definition) is 1.